The summed E-state index contributed by atoms with van der Waals surface area (Å²) in [6.45, 7) is 1.60. The van der Waals surface area contributed by atoms with Crippen molar-refractivity contribution in [1.29, 1.82) is 0 Å². The number of aliphatic imine (C=N–C) groups is 1. The maximum Gasteiger partial charge on any atom is 0.323 e. The Morgan fingerprint density at radius 2 is 1.96 bits per heavy atom. The van der Waals surface area contributed by atoms with Gasteiger partial charge in [0.2, 0.25) is 0 Å². The summed E-state index contributed by atoms with van der Waals surface area (Å²) in [5.74, 6) is 0.840. The summed E-state index contributed by atoms with van der Waals surface area (Å²) >= 11 is 11.9. The monoisotopic (exact) mass is 384 g/mol. The lowest BCUT2D eigenvalue weighted by molar-refractivity contribution is 0.262. The summed E-state index contributed by atoms with van der Waals surface area (Å²) in [4.78, 5) is 16.5. The molecule has 0 spiro atoms. The standard InChI is InChI=1S/C16H14Cl2N4O.ClH/c17-11-4-5-13(18)14(9-11)22-16(23)21-12-3-1-2-10(8-12)15-19-6-7-20-15;/h1-5,8-9H,6-7H2,(H,19,20)(H2,21,22,23);1H. The van der Waals surface area contributed by atoms with Crippen LogP contribution in [0.3, 0.4) is 0 Å². The Morgan fingerprint density at radius 1 is 1.12 bits per heavy atom. The molecule has 1 heterocycles. The minimum atomic E-state index is -0.396. The minimum absolute atomic E-state index is 0. The number of anilines is 2. The van der Waals surface area contributed by atoms with Gasteiger partial charge in [-0.3, -0.25) is 4.99 Å². The number of benzene rings is 2. The van der Waals surface area contributed by atoms with E-state index in [2.05, 4.69) is 20.9 Å². The van der Waals surface area contributed by atoms with Gasteiger partial charge in [0, 0.05) is 22.8 Å². The van der Waals surface area contributed by atoms with Crippen molar-refractivity contribution in [3.05, 3.63) is 58.1 Å². The SMILES string of the molecule is Cl.O=C(Nc1cccc(C2=NCCN2)c1)Nc1cc(Cl)ccc1Cl. The first-order valence-electron chi connectivity index (χ1n) is 7.03. The summed E-state index contributed by atoms with van der Waals surface area (Å²) in [5, 5.41) is 9.56. The second kappa shape index (κ2) is 8.24. The average Bonchev–Trinajstić information content (AvgIpc) is 3.05. The molecular formula is C16H15Cl3N4O. The number of nitrogens with zero attached hydrogens (tertiary/aromatic N) is 1. The van der Waals surface area contributed by atoms with Crippen LogP contribution in [0.4, 0.5) is 16.2 Å². The number of urea groups is 1. The molecule has 0 aromatic heterocycles. The Bertz CT molecular complexity index is 780. The fourth-order valence-electron chi connectivity index (χ4n) is 2.21. The third-order valence-corrected chi connectivity index (χ3v) is 3.81. The maximum atomic E-state index is 12.1. The van der Waals surface area contributed by atoms with Crippen molar-refractivity contribution in [2.75, 3.05) is 23.7 Å². The molecule has 0 unspecified atom stereocenters. The van der Waals surface area contributed by atoms with Gasteiger partial charge in [0.1, 0.15) is 5.84 Å². The van der Waals surface area contributed by atoms with Gasteiger partial charge in [-0.15, -0.1) is 12.4 Å². The molecule has 0 aliphatic carbocycles. The Labute approximate surface area is 155 Å². The lowest BCUT2D eigenvalue weighted by Gasteiger charge is -2.10. The van der Waals surface area contributed by atoms with E-state index >= 15 is 0 Å². The second-order valence-corrected chi connectivity index (χ2v) is 5.78. The number of nitrogens with one attached hydrogen (secondary N) is 3. The molecule has 3 rings (SSSR count). The Morgan fingerprint density at radius 3 is 2.71 bits per heavy atom. The number of carbonyl (C=O) groups is 1. The minimum Gasteiger partial charge on any atom is -0.368 e. The summed E-state index contributed by atoms with van der Waals surface area (Å²) in [7, 11) is 0. The molecule has 0 radical (unpaired) electrons. The zero-order valence-electron chi connectivity index (χ0n) is 12.5. The van der Waals surface area contributed by atoms with Gasteiger partial charge in [-0.25, -0.2) is 4.79 Å². The van der Waals surface area contributed by atoms with Crippen LogP contribution in [0, 0.1) is 0 Å². The summed E-state index contributed by atoms with van der Waals surface area (Å²) in [5.41, 5.74) is 2.05. The number of hydrogen-bond acceptors (Lipinski definition) is 3. The van der Waals surface area contributed by atoms with E-state index in [4.69, 9.17) is 23.2 Å². The Hall–Kier alpha value is -1.95. The van der Waals surface area contributed by atoms with Gasteiger partial charge in [-0.1, -0.05) is 35.3 Å². The van der Waals surface area contributed by atoms with Crippen LogP contribution >= 0.6 is 35.6 Å². The molecule has 2 aromatic carbocycles. The molecule has 1 aliphatic rings. The zero-order valence-corrected chi connectivity index (χ0v) is 14.8. The van der Waals surface area contributed by atoms with Gasteiger partial charge in [0.25, 0.3) is 0 Å². The van der Waals surface area contributed by atoms with Gasteiger partial charge >= 0.3 is 6.03 Å². The predicted octanol–water partition coefficient (Wildman–Crippen LogP) is 4.41. The lowest BCUT2D eigenvalue weighted by atomic mass is 10.2. The van der Waals surface area contributed by atoms with E-state index in [0.29, 0.717) is 21.4 Å². The first kappa shape index (κ1) is 18.4. The predicted molar refractivity (Wildman–Crippen MR) is 102 cm³/mol. The smallest absolute Gasteiger partial charge is 0.323 e. The quantitative estimate of drug-likeness (QED) is 0.733. The van der Waals surface area contributed by atoms with Crippen LogP contribution in [0.15, 0.2) is 47.5 Å². The van der Waals surface area contributed by atoms with Crippen molar-refractivity contribution in [2.45, 2.75) is 0 Å². The summed E-state index contributed by atoms with van der Waals surface area (Å²) in [6, 6.07) is 11.9. The van der Waals surface area contributed by atoms with Crippen molar-refractivity contribution in [1.82, 2.24) is 5.32 Å². The topological polar surface area (TPSA) is 65.5 Å². The molecule has 0 bridgehead atoms. The van der Waals surface area contributed by atoms with Crippen LogP contribution in [0.1, 0.15) is 5.56 Å². The molecule has 0 saturated carbocycles. The highest BCUT2D eigenvalue weighted by molar-refractivity contribution is 6.35. The zero-order chi connectivity index (χ0) is 16.2. The van der Waals surface area contributed by atoms with Crippen molar-refractivity contribution >= 4 is 58.9 Å². The van der Waals surface area contributed by atoms with E-state index < -0.39 is 6.03 Å². The highest BCUT2D eigenvalue weighted by Crippen LogP contribution is 2.25. The van der Waals surface area contributed by atoms with Crippen molar-refractivity contribution in [3.63, 3.8) is 0 Å². The van der Waals surface area contributed by atoms with Crippen LogP contribution in [0.5, 0.6) is 0 Å². The van der Waals surface area contributed by atoms with Crippen molar-refractivity contribution in [3.8, 4) is 0 Å². The molecule has 3 N–H and O–H groups in total. The summed E-state index contributed by atoms with van der Waals surface area (Å²) < 4.78 is 0. The van der Waals surface area contributed by atoms with E-state index in [1.165, 1.54) is 0 Å². The highest BCUT2D eigenvalue weighted by Gasteiger charge is 2.10. The average molecular weight is 386 g/mol. The molecule has 0 saturated heterocycles. The van der Waals surface area contributed by atoms with Crippen LogP contribution in [0.25, 0.3) is 0 Å². The first-order chi connectivity index (χ1) is 11.1. The fourth-order valence-corrected chi connectivity index (χ4v) is 2.55. The van der Waals surface area contributed by atoms with Gasteiger partial charge in [-0.2, -0.15) is 0 Å². The number of hydrogen-bond donors (Lipinski definition) is 3. The number of carbonyl (C=O) groups excluding carboxylic acids is 1. The van der Waals surface area contributed by atoms with Crippen LogP contribution in [-0.2, 0) is 0 Å². The second-order valence-electron chi connectivity index (χ2n) is 4.94. The Kier molecular flexibility index (Phi) is 6.31. The molecule has 2 amide bonds. The van der Waals surface area contributed by atoms with E-state index in [0.717, 1.165) is 24.5 Å². The van der Waals surface area contributed by atoms with E-state index in [1.54, 1.807) is 24.3 Å². The number of amidine groups is 1. The molecular weight excluding hydrogens is 371 g/mol. The molecule has 0 atom stereocenters. The third kappa shape index (κ3) is 4.54. The largest absolute Gasteiger partial charge is 0.368 e. The molecule has 5 nitrogen and oxygen atoms in total. The van der Waals surface area contributed by atoms with Crippen molar-refractivity contribution < 1.29 is 4.79 Å². The Balaban J connectivity index is 0.00000208. The molecule has 1 aliphatic heterocycles. The third-order valence-electron chi connectivity index (χ3n) is 3.24. The fraction of sp³-hybridized carbons (Fsp3) is 0.125. The molecule has 24 heavy (non-hydrogen) atoms. The van der Waals surface area contributed by atoms with Crippen LogP contribution in [-0.4, -0.2) is 25.0 Å². The number of rotatable bonds is 3. The lowest BCUT2D eigenvalue weighted by Crippen LogP contribution is -2.21. The maximum absolute atomic E-state index is 12.1. The first-order valence-corrected chi connectivity index (χ1v) is 7.79. The highest BCUT2D eigenvalue weighted by atomic mass is 35.5. The van der Waals surface area contributed by atoms with E-state index in [-0.39, 0.29) is 12.4 Å². The number of halogens is 3. The van der Waals surface area contributed by atoms with Gasteiger partial charge < -0.3 is 16.0 Å². The molecule has 126 valence electrons. The molecule has 2 aromatic rings. The number of amides is 2. The van der Waals surface area contributed by atoms with E-state index in [9.17, 15) is 4.79 Å². The summed E-state index contributed by atoms with van der Waals surface area (Å²) in [6.07, 6.45) is 0. The molecule has 8 heteroatoms. The normalized spacial score (nSPS) is 12.7. The van der Waals surface area contributed by atoms with Gasteiger partial charge in [-0.05, 0) is 30.3 Å². The van der Waals surface area contributed by atoms with Crippen molar-refractivity contribution in [2.24, 2.45) is 4.99 Å². The van der Waals surface area contributed by atoms with Gasteiger partial charge in [0.05, 0.1) is 17.3 Å². The van der Waals surface area contributed by atoms with Crippen LogP contribution < -0.4 is 16.0 Å². The van der Waals surface area contributed by atoms with Crippen LogP contribution in [0.2, 0.25) is 10.0 Å². The molecule has 0 fully saturated rings. The van der Waals surface area contributed by atoms with E-state index in [1.807, 2.05) is 18.2 Å². The van der Waals surface area contributed by atoms with Gasteiger partial charge in [0.15, 0.2) is 0 Å².